The van der Waals surface area contributed by atoms with Crippen LogP contribution in [0.3, 0.4) is 0 Å². The first-order valence-corrected chi connectivity index (χ1v) is 9.84. The second-order valence-corrected chi connectivity index (χ2v) is 8.39. The molecule has 8 nitrogen and oxygen atoms in total. The zero-order valence-electron chi connectivity index (χ0n) is 17.9. The van der Waals surface area contributed by atoms with Crippen LogP contribution in [0.5, 0.6) is 0 Å². The van der Waals surface area contributed by atoms with E-state index in [2.05, 4.69) is 25.5 Å². The van der Waals surface area contributed by atoms with Crippen LogP contribution in [0.2, 0.25) is 0 Å². The third kappa shape index (κ3) is 4.69. The Kier molecular flexibility index (Phi) is 5.38. The van der Waals surface area contributed by atoms with Gasteiger partial charge in [0.15, 0.2) is 11.3 Å². The van der Waals surface area contributed by atoms with Gasteiger partial charge in [0, 0.05) is 17.0 Å². The summed E-state index contributed by atoms with van der Waals surface area (Å²) in [5, 5.41) is 10.2. The van der Waals surface area contributed by atoms with Crippen LogP contribution in [0, 0.1) is 5.82 Å². The summed E-state index contributed by atoms with van der Waals surface area (Å²) in [4.78, 5) is 20.8. The van der Waals surface area contributed by atoms with Crippen molar-refractivity contribution in [2.24, 2.45) is 0 Å². The number of rotatable bonds is 4. The van der Waals surface area contributed by atoms with Crippen LogP contribution in [0.15, 0.2) is 42.7 Å². The van der Waals surface area contributed by atoms with Crippen LogP contribution in [0.4, 0.5) is 23.5 Å². The average Bonchev–Trinajstić information content (AvgIpc) is 3.34. The number of fused-ring (bicyclic) bond motifs is 1. The van der Waals surface area contributed by atoms with Gasteiger partial charge in [0.1, 0.15) is 17.8 Å². The van der Waals surface area contributed by atoms with E-state index in [1.54, 1.807) is 39.0 Å². The minimum atomic E-state index is -4.70. The van der Waals surface area contributed by atoms with Crippen LogP contribution in [0.1, 0.15) is 48.2 Å². The highest BCUT2D eigenvalue weighted by Gasteiger charge is 2.36. The number of hydrogen-bond donors (Lipinski definition) is 1. The highest BCUT2D eigenvalue weighted by molar-refractivity contribution is 6.02. The normalized spacial score (nSPS) is 12.3. The lowest BCUT2D eigenvalue weighted by Crippen LogP contribution is -2.20. The highest BCUT2D eigenvalue weighted by atomic mass is 19.4. The van der Waals surface area contributed by atoms with Crippen molar-refractivity contribution in [3.8, 4) is 0 Å². The summed E-state index contributed by atoms with van der Waals surface area (Å²) in [7, 11) is 0. The molecule has 3 heterocycles. The van der Waals surface area contributed by atoms with Crippen molar-refractivity contribution >= 4 is 17.5 Å². The van der Waals surface area contributed by atoms with Gasteiger partial charge in [-0.2, -0.15) is 18.3 Å². The fourth-order valence-corrected chi connectivity index (χ4v) is 3.07. The molecule has 3 aromatic heterocycles. The minimum absolute atomic E-state index is 0.0817. The monoisotopic (exact) mass is 461 g/mol. The van der Waals surface area contributed by atoms with Gasteiger partial charge in [-0.25, -0.2) is 23.6 Å². The first-order chi connectivity index (χ1) is 15.4. The Bertz CT molecular complexity index is 1330. The van der Waals surface area contributed by atoms with Gasteiger partial charge in [-0.05, 0) is 12.1 Å². The molecule has 0 saturated heterocycles. The largest absolute Gasteiger partial charge is 0.433 e. The molecule has 0 saturated carbocycles. The number of halogens is 4. The van der Waals surface area contributed by atoms with Gasteiger partial charge in [-0.15, -0.1) is 5.10 Å². The molecule has 0 spiro atoms. The maximum absolute atomic E-state index is 13.8. The van der Waals surface area contributed by atoms with Gasteiger partial charge in [0.25, 0.3) is 5.91 Å². The number of benzene rings is 1. The standard InChI is InChI=1S/C21H19F4N7O/c1-20(2,3)15-9-16(21(23,24)25)32-17(27-15)8-14(29-32)18(33)28-19-26-11-31(30-19)10-12-6-4-5-7-13(12)22/h4-9,11H,10H2,1-3H3,(H,28,30,33). The van der Waals surface area contributed by atoms with Crippen molar-refractivity contribution in [1.82, 2.24) is 29.4 Å². The van der Waals surface area contributed by atoms with Crippen molar-refractivity contribution in [2.75, 3.05) is 5.32 Å². The lowest BCUT2D eigenvalue weighted by Gasteiger charge is -2.19. The third-order valence-corrected chi connectivity index (χ3v) is 4.77. The quantitative estimate of drug-likeness (QED) is 0.463. The Morgan fingerprint density at radius 2 is 1.82 bits per heavy atom. The highest BCUT2D eigenvalue weighted by Crippen LogP contribution is 2.32. The van der Waals surface area contributed by atoms with Crippen molar-refractivity contribution < 1.29 is 22.4 Å². The molecular formula is C21H19F4N7O. The lowest BCUT2D eigenvalue weighted by atomic mass is 9.91. The Morgan fingerprint density at radius 3 is 2.48 bits per heavy atom. The van der Waals surface area contributed by atoms with Crippen LogP contribution in [0.25, 0.3) is 5.65 Å². The molecule has 172 valence electrons. The van der Waals surface area contributed by atoms with Gasteiger partial charge in [-0.3, -0.25) is 10.1 Å². The Balaban J connectivity index is 1.60. The smallest absolute Gasteiger partial charge is 0.288 e. The van der Waals surface area contributed by atoms with E-state index in [0.29, 0.717) is 10.1 Å². The van der Waals surface area contributed by atoms with Gasteiger partial charge in [0.05, 0.1) is 12.2 Å². The number of aromatic nitrogens is 6. The molecule has 0 unspecified atom stereocenters. The van der Waals surface area contributed by atoms with E-state index in [4.69, 9.17) is 0 Å². The van der Waals surface area contributed by atoms with Gasteiger partial charge in [0.2, 0.25) is 5.95 Å². The first kappa shape index (κ1) is 22.4. The molecule has 0 fully saturated rings. The molecule has 4 rings (SSSR count). The number of amides is 1. The average molecular weight is 461 g/mol. The number of nitrogens with one attached hydrogen (secondary N) is 1. The molecule has 0 atom stereocenters. The van der Waals surface area contributed by atoms with Crippen LogP contribution < -0.4 is 5.32 Å². The van der Waals surface area contributed by atoms with Crippen molar-refractivity contribution in [1.29, 1.82) is 0 Å². The summed E-state index contributed by atoms with van der Waals surface area (Å²) in [5.74, 6) is -1.33. The zero-order chi connectivity index (χ0) is 24.0. The minimum Gasteiger partial charge on any atom is -0.288 e. The Morgan fingerprint density at radius 1 is 1.09 bits per heavy atom. The molecule has 1 amide bonds. The van der Waals surface area contributed by atoms with Crippen LogP contribution in [-0.4, -0.2) is 35.3 Å². The van der Waals surface area contributed by atoms with E-state index in [1.165, 1.54) is 17.1 Å². The van der Waals surface area contributed by atoms with Gasteiger partial charge < -0.3 is 0 Å². The summed E-state index contributed by atoms with van der Waals surface area (Å²) in [5.41, 5.74) is -1.50. The summed E-state index contributed by atoms with van der Waals surface area (Å²) in [6.07, 6.45) is -3.40. The topological polar surface area (TPSA) is 90.0 Å². The fraction of sp³-hybridized carbons (Fsp3) is 0.286. The second-order valence-electron chi connectivity index (χ2n) is 8.39. The molecule has 4 aromatic rings. The predicted molar refractivity (Wildman–Crippen MR) is 110 cm³/mol. The fourth-order valence-electron chi connectivity index (χ4n) is 3.07. The van der Waals surface area contributed by atoms with Crippen LogP contribution >= 0.6 is 0 Å². The van der Waals surface area contributed by atoms with E-state index in [9.17, 15) is 22.4 Å². The number of nitrogens with zero attached hydrogens (tertiary/aromatic N) is 6. The molecule has 0 aliphatic rings. The summed E-state index contributed by atoms with van der Waals surface area (Å²) in [6, 6.07) is 8.22. The molecule has 0 radical (unpaired) electrons. The van der Waals surface area contributed by atoms with E-state index in [-0.39, 0.29) is 29.5 Å². The Hall–Kier alpha value is -3.83. The maximum Gasteiger partial charge on any atom is 0.433 e. The molecule has 0 aliphatic heterocycles. The van der Waals surface area contributed by atoms with Crippen LogP contribution in [-0.2, 0) is 18.1 Å². The number of carbonyl (C=O) groups is 1. The second kappa shape index (κ2) is 7.94. The molecule has 33 heavy (non-hydrogen) atoms. The van der Waals surface area contributed by atoms with Gasteiger partial charge >= 0.3 is 6.18 Å². The number of carbonyl (C=O) groups excluding carboxylic acids is 1. The summed E-state index contributed by atoms with van der Waals surface area (Å²) >= 11 is 0. The molecule has 0 bridgehead atoms. The lowest BCUT2D eigenvalue weighted by molar-refractivity contribution is -0.142. The molecule has 1 N–H and O–H groups in total. The summed E-state index contributed by atoms with van der Waals surface area (Å²) in [6.45, 7) is 5.29. The molecule has 12 heteroatoms. The Labute approximate surface area is 185 Å². The summed E-state index contributed by atoms with van der Waals surface area (Å²) < 4.78 is 56.6. The molecule has 1 aromatic carbocycles. The van der Waals surface area contributed by atoms with Crippen molar-refractivity contribution in [3.63, 3.8) is 0 Å². The van der Waals surface area contributed by atoms with E-state index < -0.39 is 29.0 Å². The predicted octanol–water partition coefficient (Wildman–Crippen LogP) is 4.08. The van der Waals surface area contributed by atoms with E-state index >= 15 is 0 Å². The maximum atomic E-state index is 13.8. The third-order valence-electron chi connectivity index (χ3n) is 4.77. The number of hydrogen-bond acceptors (Lipinski definition) is 5. The van der Waals surface area contributed by atoms with Crippen molar-refractivity contribution in [3.05, 3.63) is 71.2 Å². The SMILES string of the molecule is CC(C)(C)c1cc(C(F)(F)F)n2nc(C(=O)Nc3ncn(Cc4ccccc4F)n3)cc2n1. The van der Waals surface area contributed by atoms with Gasteiger partial charge in [-0.1, -0.05) is 39.0 Å². The van der Waals surface area contributed by atoms with E-state index in [1.807, 2.05) is 0 Å². The van der Waals surface area contributed by atoms with Crippen molar-refractivity contribution in [2.45, 2.75) is 38.9 Å². The number of anilines is 1. The first-order valence-electron chi connectivity index (χ1n) is 9.84. The zero-order valence-corrected chi connectivity index (χ0v) is 17.9. The molecule has 0 aliphatic carbocycles. The number of alkyl halides is 3. The van der Waals surface area contributed by atoms with E-state index in [0.717, 1.165) is 12.1 Å². The molecular weight excluding hydrogens is 442 g/mol.